The highest BCUT2D eigenvalue weighted by Crippen LogP contribution is 2.53. The number of para-hydroxylation sites is 1. The molecule has 1 aromatic heterocycles. The Balaban J connectivity index is 1.62. The number of likely N-dealkylation sites (N-methyl/N-ethyl adjacent to an activating group) is 1. The van der Waals surface area contributed by atoms with Crippen molar-refractivity contribution in [1.29, 1.82) is 0 Å². The molecule has 41 heavy (non-hydrogen) atoms. The van der Waals surface area contributed by atoms with Gasteiger partial charge in [0.1, 0.15) is 12.1 Å². The molecule has 0 N–H and O–H groups in total. The smallest absolute Gasteiger partial charge is 0.416 e. The van der Waals surface area contributed by atoms with Gasteiger partial charge in [-0.25, -0.2) is 9.97 Å². The summed E-state index contributed by atoms with van der Waals surface area (Å²) >= 11 is 0. The summed E-state index contributed by atoms with van der Waals surface area (Å²) in [5.74, 6) is -0.590. The zero-order chi connectivity index (χ0) is 28.9. The SMILES string of the molecule is CCN1C(=O)C2(CCc3c2ccc(-c2cncnc2)c3OC)C(=O)N(c2ccccc2)c2cc(C(F)(F)F)ccc21. The third-order valence-corrected chi connectivity index (χ3v) is 7.89. The summed E-state index contributed by atoms with van der Waals surface area (Å²) in [6, 6.07) is 15.1. The van der Waals surface area contributed by atoms with Crippen LogP contribution in [-0.2, 0) is 27.6 Å². The van der Waals surface area contributed by atoms with E-state index in [4.69, 9.17) is 4.74 Å². The molecule has 1 aliphatic heterocycles. The molecule has 0 saturated heterocycles. The van der Waals surface area contributed by atoms with Crippen molar-refractivity contribution in [3.63, 3.8) is 0 Å². The van der Waals surface area contributed by atoms with Crippen molar-refractivity contribution < 1.29 is 27.5 Å². The van der Waals surface area contributed by atoms with Gasteiger partial charge in [-0.2, -0.15) is 13.2 Å². The molecule has 0 saturated carbocycles. The Labute approximate surface area is 234 Å². The number of nitrogens with zero attached hydrogens (tertiary/aromatic N) is 4. The molecule has 7 nitrogen and oxygen atoms in total. The molecule has 0 fully saturated rings. The van der Waals surface area contributed by atoms with Gasteiger partial charge in [-0.3, -0.25) is 14.5 Å². The van der Waals surface area contributed by atoms with Gasteiger partial charge in [0.05, 0.1) is 24.0 Å². The Morgan fingerprint density at radius 2 is 1.68 bits per heavy atom. The molecule has 208 valence electrons. The lowest BCUT2D eigenvalue weighted by Crippen LogP contribution is -2.53. The van der Waals surface area contributed by atoms with E-state index in [1.807, 2.05) is 0 Å². The Hall–Kier alpha value is -4.73. The van der Waals surface area contributed by atoms with Crippen molar-refractivity contribution in [3.8, 4) is 16.9 Å². The van der Waals surface area contributed by atoms with Crippen LogP contribution >= 0.6 is 0 Å². The first kappa shape index (κ1) is 26.5. The van der Waals surface area contributed by atoms with Crippen molar-refractivity contribution in [1.82, 2.24) is 9.97 Å². The largest absolute Gasteiger partial charge is 0.496 e. The van der Waals surface area contributed by atoms with E-state index in [2.05, 4.69) is 9.97 Å². The van der Waals surface area contributed by atoms with Gasteiger partial charge in [-0.1, -0.05) is 30.3 Å². The summed E-state index contributed by atoms with van der Waals surface area (Å²) < 4.78 is 47.5. The minimum atomic E-state index is -4.64. The molecule has 1 spiro atoms. The van der Waals surface area contributed by atoms with E-state index >= 15 is 0 Å². The normalized spacial score (nSPS) is 18.4. The Morgan fingerprint density at radius 3 is 2.34 bits per heavy atom. The number of benzene rings is 3. The number of methoxy groups -OCH3 is 1. The zero-order valence-corrected chi connectivity index (χ0v) is 22.3. The average Bonchev–Trinajstić information content (AvgIpc) is 3.35. The van der Waals surface area contributed by atoms with Crippen molar-refractivity contribution in [2.75, 3.05) is 23.5 Å². The first-order chi connectivity index (χ1) is 19.7. The molecule has 4 aromatic rings. The van der Waals surface area contributed by atoms with E-state index in [0.29, 0.717) is 40.1 Å². The molecule has 3 aromatic carbocycles. The number of halogens is 3. The molecule has 2 heterocycles. The molecule has 6 rings (SSSR count). The summed E-state index contributed by atoms with van der Waals surface area (Å²) in [5.41, 5.74) is 0.601. The highest BCUT2D eigenvalue weighted by atomic mass is 19.4. The highest BCUT2D eigenvalue weighted by Gasteiger charge is 2.58. The maximum atomic E-state index is 14.8. The second-order valence-electron chi connectivity index (χ2n) is 9.93. The van der Waals surface area contributed by atoms with Gasteiger partial charge in [0.2, 0.25) is 5.91 Å². The average molecular weight is 559 g/mol. The number of carbonyl (C=O) groups excluding carboxylic acids is 2. The van der Waals surface area contributed by atoms with E-state index in [-0.39, 0.29) is 24.3 Å². The minimum absolute atomic E-state index is 0.00145. The summed E-state index contributed by atoms with van der Waals surface area (Å²) in [5, 5.41) is 0. The van der Waals surface area contributed by atoms with E-state index < -0.39 is 29.0 Å². The number of hydrogen-bond donors (Lipinski definition) is 0. The van der Waals surface area contributed by atoms with Gasteiger partial charge in [0.15, 0.2) is 5.41 Å². The van der Waals surface area contributed by atoms with Crippen LogP contribution in [0.25, 0.3) is 11.1 Å². The van der Waals surface area contributed by atoms with Crippen LogP contribution < -0.4 is 14.5 Å². The number of amides is 2. The summed E-state index contributed by atoms with van der Waals surface area (Å²) in [4.78, 5) is 40.2. The van der Waals surface area contributed by atoms with Gasteiger partial charge in [0.25, 0.3) is 5.91 Å². The van der Waals surface area contributed by atoms with E-state index in [1.54, 1.807) is 61.8 Å². The quantitative estimate of drug-likeness (QED) is 0.284. The van der Waals surface area contributed by atoms with E-state index in [0.717, 1.165) is 12.1 Å². The van der Waals surface area contributed by atoms with Crippen LogP contribution in [0.4, 0.5) is 30.2 Å². The van der Waals surface area contributed by atoms with Crippen LogP contribution in [0.1, 0.15) is 30.0 Å². The molecule has 0 radical (unpaired) electrons. The summed E-state index contributed by atoms with van der Waals surface area (Å²) in [6.45, 7) is 1.89. The number of aromatic nitrogens is 2. The van der Waals surface area contributed by atoms with Gasteiger partial charge < -0.3 is 9.64 Å². The fourth-order valence-corrected chi connectivity index (χ4v) is 6.05. The fraction of sp³-hybridized carbons (Fsp3) is 0.226. The standard InChI is InChI=1S/C31H25F3N4O3/c1-3-37-25-12-9-20(31(32,33)34)15-26(25)38(21-7-5-4-6-8-21)29(40)30(28(37)39)14-13-23-24(30)11-10-22(27(23)41-2)19-16-35-18-36-17-19/h4-12,15-18H,3,13-14H2,1-2H3. The van der Waals surface area contributed by atoms with Crippen LogP contribution in [0.15, 0.2) is 79.4 Å². The van der Waals surface area contributed by atoms with Crippen molar-refractivity contribution in [2.24, 2.45) is 0 Å². The molecule has 1 aliphatic carbocycles. The van der Waals surface area contributed by atoms with Crippen LogP contribution in [0.5, 0.6) is 5.75 Å². The van der Waals surface area contributed by atoms with Crippen molar-refractivity contribution >= 4 is 28.9 Å². The zero-order valence-electron chi connectivity index (χ0n) is 22.3. The third-order valence-electron chi connectivity index (χ3n) is 7.89. The lowest BCUT2D eigenvalue weighted by molar-refractivity contribution is -0.138. The molecular formula is C31H25F3N4O3. The predicted molar refractivity (Wildman–Crippen MR) is 147 cm³/mol. The number of alkyl halides is 3. The molecule has 10 heteroatoms. The third kappa shape index (κ3) is 3.96. The second-order valence-corrected chi connectivity index (χ2v) is 9.93. The predicted octanol–water partition coefficient (Wildman–Crippen LogP) is 6.09. The van der Waals surface area contributed by atoms with Crippen LogP contribution in [0.2, 0.25) is 0 Å². The van der Waals surface area contributed by atoms with Gasteiger partial charge in [-0.15, -0.1) is 0 Å². The molecular weight excluding hydrogens is 533 g/mol. The van der Waals surface area contributed by atoms with Crippen molar-refractivity contribution in [3.05, 3.63) is 96.1 Å². The topological polar surface area (TPSA) is 75.6 Å². The van der Waals surface area contributed by atoms with Gasteiger partial charge >= 0.3 is 6.18 Å². The van der Waals surface area contributed by atoms with Crippen LogP contribution in [0.3, 0.4) is 0 Å². The van der Waals surface area contributed by atoms with Crippen LogP contribution in [0, 0.1) is 0 Å². The number of anilines is 3. The fourth-order valence-electron chi connectivity index (χ4n) is 6.05. The summed E-state index contributed by atoms with van der Waals surface area (Å²) in [7, 11) is 1.52. The Bertz CT molecular complexity index is 1660. The highest BCUT2D eigenvalue weighted by molar-refractivity contribution is 6.27. The van der Waals surface area contributed by atoms with Crippen LogP contribution in [-0.4, -0.2) is 35.4 Å². The number of hydrogen-bond acceptors (Lipinski definition) is 5. The molecule has 1 unspecified atom stereocenters. The van der Waals surface area contributed by atoms with Crippen molar-refractivity contribution in [2.45, 2.75) is 31.4 Å². The van der Waals surface area contributed by atoms with Gasteiger partial charge in [-0.05, 0) is 61.2 Å². The second kappa shape index (κ2) is 9.72. The number of fused-ring (bicyclic) bond motifs is 3. The first-order valence-corrected chi connectivity index (χ1v) is 13.1. The van der Waals surface area contributed by atoms with E-state index in [9.17, 15) is 22.8 Å². The summed E-state index contributed by atoms with van der Waals surface area (Å²) in [6.07, 6.45) is 0.549. The molecule has 2 amide bonds. The molecule has 1 atom stereocenters. The maximum Gasteiger partial charge on any atom is 0.416 e. The Morgan fingerprint density at radius 1 is 0.951 bits per heavy atom. The first-order valence-electron chi connectivity index (χ1n) is 13.1. The number of rotatable bonds is 4. The lowest BCUT2D eigenvalue weighted by atomic mass is 9.78. The van der Waals surface area contributed by atoms with Gasteiger partial charge in [0, 0.05) is 35.8 Å². The molecule has 0 bridgehead atoms. The monoisotopic (exact) mass is 558 g/mol. The molecule has 2 aliphatic rings. The number of ether oxygens (including phenoxy) is 1. The minimum Gasteiger partial charge on any atom is -0.496 e. The lowest BCUT2D eigenvalue weighted by Gasteiger charge is -2.32. The van der Waals surface area contributed by atoms with E-state index in [1.165, 1.54) is 29.3 Å². The number of carbonyl (C=O) groups is 2. The Kier molecular flexibility index (Phi) is 6.28. The maximum absolute atomic E-state index is 14.8.